The van der Waals surface area contributed by atoms with Crippen molar-refractivity contribution < 1.29 is 9.59 Å². The van der Waals surface area contributed by atoms with Crippen LogP contribution in [0.5, 0.6) is 0 Å². The molecule has 4 nitrogen and oxygen atoms in total. The molecule has 5 heteroatoms. The average Bonchev–Trinajstić information content (AvgIpc) is 2.65. The molecule has 3 rings (SSSR count). The van der Waals surface area contributed by atoms with E-state index in [1.54, 1.807) is 30.2 Å². The Balaban J connectivity index is 1.83. The Labute approximate surface area is 152 Å². The predicted molar refractivity (Wildman–Crippen MR) is 99.0 cm³/mol. The van der Waals surface area contributed by atoms with Crippen molar-refractivity contribution in [2.75, 3.05) is 7.05 Å². The van der Waals surface area contributed by atoms with Gasteiger partial charge in [0.05, 0.1) is 0 Å². The van der Waals surface area contributed by atoms with E-state index < -0.39 is 6.04 Å². The van der Waals surface area contributed by atoms with Crippen LogP contribution in [0, 0.1) is 0 Å². The lowest BCUT2D eigenvalue weighted by Gasteiger charge is -2.35. The maximum absolute atomic E-state index is 12.7. The number of benzene rings is 2. The van der Waals surface area contributed by atoms with E-state index in [2.05, 4.69) is 5.32 Å². The molecule has 2 aromatic carbocycles. The minimum absolute atomic E-state index is 0.150. The summed E-state index contributed by atoms with van der Waals surface area (Å²) in [6, 6.07) is 14.6. The van der Waals surface area contributed by atoms with Gasteiger partial charge in [-0.25, -0.2) is 0 Å². The third-order valence-corrected chi connectivity index (χ3v) is 4.62. The van der Waals surface area contributed by atoms with Crippen molar-refractivity contribution in [3.63, 3.8) is 0 Å². The van der Waals surface area contributed by atoms with Gasteiger partial charge in [-0.15, -0.1) is 0 Å². The molecule has 1 aliphatic heterocycles. The summed E-state index contributed by atoms with van der Waals surface area (Å²) >= 11 is 5.87. The zero-order valence-corrected chi connectivity index (χ0v) is 14.7. The first-order valence-corrected chi connectivity index (χ1v) is 8.49. The lowest BCUT2D eigenvalue weighted by atomic mass is 9.93. The highest BCUT2D eigenvalue weighted by Gasteiger charge is 2.33. The highest BCUT2D eigenvalue weighted by atomic mass is 35.5. The second-order valence-corrected chi connectivity index (χ2v) is 6.39. The number of fused-ring (bicyclic) bond motifs is 1. The molecule has 2 amide bonds. The molecule has 0 spiro atoms. The monoisotopic (exact) mass is 354 g/mol. The SMILES string of the molecule is CNC(=O)C1Cc2ccccc2CN1C(=O)C=Cc1ccc(Cl)cc1. The van der Waals surface area contributed by atoms with Gasteiger partial charge in [0.25, 0.3) is 0 Å². The fraction of sp³-hybridized carbons (Fsp3) is 0.200. The molecule has 128 valence electrons. The molecule has 1 atom stereocenters. The summed E-state index contributed by atoms with van der Waals surface area (Å²) in [6.45, 7) is 0.429. The van der Waals surface area contributed by atoms with Gasteiger partial charge in [0.2, 0.25) is 11.8 Å². The van der Waals surface area contributed by atoms with E-state index in [4.69, 9.17) is 11.6 Å². The van der Waals surface area contributed by atoms with E-state index in [0.717, 1.165) is 16.7 Å². The molecule has 0 radical (unpaired) electrons. The van der Waals surface area contributed by atoms with E-state index in [9.17, 15) is 9.59 Å². The normalized spacial score (nSPS) is 16.6. The zero-order valence-electron chi connectivity index (χ0n) is 13.9. The quantitative estimate of drug-likeness (QED) is 0.861. The number of nitrogens with zero attached hydrogens (tertiary/aromatic N) is 1. The number of hydrogen-bond acceptors (Lipinski definition) is 2. The topological polar surface area (TPSA) is 49.4 Å². The summed E-state index contributed by atoms with van der Waals surface area (Å²) in [5.74, 6) is -0.333. The second kappa shape index (κ2) is 7.53. The molecule has 1 aliphatic rings. The average molecular weight is 355 g/mol. The predicted octanol–water partition coefficient (Wildman–Crippen LogP) is 3.05. The summed E-state index contributed by atoms with van der Waals surface area (Å²) in [5.41, 5.74) is 3.07. The second-order valence-electron chi connectivity index (χ2n) is 5.95. The molecule has 1 unspecified atom stereocenters. The zero-order chi connectivity index (χ0) is 17.8. The van der Waals surface area contributed by atoms with Gasteiger partial charge in [0.1, 0.15) is 6.04 Å². The van der Waals surface area contributed by atoms with Gasteiger partial charge in [-0.2, -0.15) is 0 Å². The molecule has 2 aromatic rings. The first kappa shape index (κ1) is 17.2. The highest BCUT2D eigenvalue weighted by molar-refractivity contribution is 6.30. The van der Waals surface area contributed by atoms with Crippen molar-refractivity contribution in [1.29, 1.82) is 0 Å². The molecule has 0 aliphatic carbocycles. The lowest BCUT2D eigenvalue weighted by molar-refractivity contribution is -0.138. The van der Waals surface area contributed by atoms with Crippen molar-refractivity contribution in [3.05, 3.63) is 76.3 Å². The number of amides is 2. The highest BCUT2D eigenvalue weighted by Crippen LogP contribution is 2.24. The molecule has 0 saturated carbocycles. The minimum atomic E-state index is -0.498. The van der Waals surface area contributed by atoms with Crippen LogP contribution in [0.2, 0.25) is 5.02 Å². The Bertz CT molecular complexity index is 815. The van der Waals surface area contributed by atoms with Crippen LogP contribution in [0.3, 0.4) is 0 Å². The molecule has 1 N–H and O–H groups in total. The number of halogens is 1. The van der Waals surface area contributed by atoms with Crippen LogP contribution >= 0.6 is 11.6 Å². The smallest absolute Gasteiger partial charge is 0.247 e. The van der Waals surface area contributed by atoms with Crippen molar-refractivity contribution in [3.8, 4) is 0 Å². The fourth-order valence-corrected chi connectivity index (χ4v) is 3.12. The molecule has 0 aromatic heterocycles. The third kappa shape index (κ3) is 3.91. The molecular weight excluding hydrogens is 336 g/mol. The van der Waals surface area contributed by atoms with E-state index in [0.29, 0.717) is 18.0 Å². The molecule has 0 saturated heterocycles. The van der Waals surface area contributed by atoms with Gasteiger partial charge in [-0.05, 0) is 34.9 Å². The van der Waals surface area contributed by atoms with E-state index >= 15 is 0 Å². The fourth-order valence-electron chi connectivity index (χ4n) is 2.99. The van der Waals surface area contributed by atoms with Gasteiger partial charge < -0.3 is 10.2 Å². The molecule has 1 heterocycles. The van der Waals surface area contributed by atoms with Gasteiger partial charge in [0, 0.05) is 31.1 Å². The van der Waals surface area contributed by atoms with Gasteiger partial charge >= 0.3 is 0 Å². The van der Waals surface area contributed by atoms with Crippen molar-refractivity contribution in [1.82, 2.24) is 10.2 Å². The lowest BCUT2D eigenvalue weighted by Crippen LogP contribution is -2.51. The van der Waals surface area contributed by atoms with Crippen LogP contribution in [0.15, 0.2) is 54.6 Å². The third-order valence-electron chi connectivity index (χ3n) is 4.37. The Morgan fingerprint density at radius 1 is 1.12 bits per heavy atom. The van der Waals surface area contributed by atoms with E-state index in [1.165, 1.54) is 6.08 Å². The minimum Gasteiger partial charge on any atom is -0.357 e. The Kier molecular flexibility index (Phi) is 5.19. The van der Waals surface area contributed by atoms with Crippen LogP contribution in [0.4, 0.5) is 0 Å². The maximum atomic E-state index is 12.7. The Morgan fingerprint density at radius 3 is 2.48 bits per heavy atom. The number of nitrogens with one attached hydrogen (secondary N) is 1. The summed E-state index contributed by atoms with van der Waals surface area (Å²) < 4.78 is 0. The van der Waals surface area contributed by atoms with Crippen molar-refractivity contribution in [2.45, 2.75) is 19.0 Å². The number of hydrogen-bond donors (Lipinski definition) is 1. The van der Waals surface area contributed by atoms with Gasteiger partial charge in [-0.3, -0.25) is 9.59 Å². The van der Waals surface area contributed by atoms with Crippen LogP contribution in [0.25, 0.3) is 6.08 Å². The number of likely N-dealkylation sites (N-methyl/N-ethyl adjacent to an activating group) is 1. The molecule has 25 heavy (non-hydrogen) atoms. The van der Waals surface area contributed by atoms with Crippen LogP contribution < -0.4 is 5.32 Å². The number of carbonyl (C=O) groups excluding carboxylic acids is 2. The Morgan fingerprint density at radius 2 is 1.80 bits per heavy atom. The first-order chi connectivity index (χ1) is 12.1. The summed E-state index contributed by atoms with van der Waals surface area (Å²) in [5, 5.41) is 3.31. The Hall–Kier alpha value is -2.59. The standard InChI is InChI=1S/C20H19ClN2O2/c1-22-20(25)18-12-15-4-2-3-5-16(15)13-23(18)19(24)11-8-14-6-9-17(21)10-7-14/h2-11,18H,12-13H2,1H3,(H,22,25). The van der Waals surface area contributed by atoms with Crippen molar-refractivity contribution in [2.24, 2.45) is 0 Å². The van der Waals surface area contributed by atoms with Crippen LogP contribution in [-0.4, -0.2) is 29.8 Å². The molecule has 0 fully saturated rings. The van der Waals surface area contributed by atoms with E-state index in [1.807, 2.05) is 36.4 Å². The van der Waals surface area contributed by atoms with Crippen LogP contribution in [0.1, 0.15) is 16.7 Å². The van der Waals surface area contributed by atoms with Gasteiger partial charge in [-0.1, -0.05) is 48.0 Å². The molecule has 0 bridgehead atoms. The summed E-state index contributed by atoms with van der Waals surface area (Å²) in [4.78, 5) is 26.6. The van der Waals surface area contributed by atoms with Crippen molar-refractivity contribution >= 4 is 29.5 Å². The van der Waals surface area contributed by atoms with Gasteiger partial charge in [0.15, 0.2) is 0 Å². The maximum Gasteiger partial charge on any atom is 0.247 e. The largest absolute Gasteiger partial charge is 0.357 e. The molecular formula is C20H19ClN2O2. The van der Waals surface area contributed by atoms with Crippen LogP contribution in [-0.2, 0) is 22.6 Å². The summed E-state index contributed by atoms with van der Waals surface area (Å²) in [7, 11) is 1.59. The number of carbonyl (C=O) groups is 2. The van der Waals surface area contributed by atoms with E-state index in [-0.39, 0.29) is 11.8 Å². The number of rotatable bonds is 3. The summed E-state index contributed by atoms with van der Waals surface area (Å²) in [6.07, 6.45) is 3.77. The first-order valence-electron chi connectivity index (χ1n) is 8.11.